The van der Waals surface area contributed by atoms with Crippen molar-refractivity contribution >= 4 is 24.0 Å². The smallest absolute Gasteiger partial charge is 0.417 e. The lowest BCUT2D eigenvalue weighted by molar-refractivity contribution is -0.137. The molecule has 0 fully saturated rings. The summed E-state index contributed by atoms with van der Waals surface area (Å²) in [5, 5.41) is 3.23. The van der Waals surface area contributed by atoms with E-state index in [0.717, 1.165) is 47.3 Å². The summed E-state index contributed by atoms with van der Waals surface area (Å²) in [6.45, 7) is 4.81. The van der Waals surface area contributed by atoms with Gasteiger partial charge in [-0.15, -0.1) is 12.4 Å². The molecule has 1 heterocycles. The molecule has 254 valence electrons. The van der Waals surface area contributed by atoms with Crippen LogP contribution in [0.5, 0.6) is 5.75 Å². The normalized spacial score (nSPS) is 12.2. The van der Waals surface area contributed by atoms with Gasteiger partial charge in [0.05, 0.1) is 23.2 Å². The van der Waals surface area contributed by atoms with E-state index in [9.17, 15) is 13.2 Å². The Morgan fingerprint density at radius 2 is 1.60 bits per heavy atom. The molecule has 1 atom stereocenters. The van der Waals surface area contributed by atoms with Crippen LogP contribution in [0.4, 0.5) is 13.2 Å². The molecule has 0 bridgehead atoms. The molecule has 5 rings (SSSR count). The molecule has 0 saturated heterocycles. The fourth-order valence-electron chi connectivity index (χ4n) is 5.74. The number of H-pyrrole nitrogens is 1. The summed E-state index contributed by atoms with van der Waals surface area (Å²) in [6.07, 6.45) is 0.565. The van der Waals surface area contributed by atoms with Crippen LogP contribution in [0.3, 0.4) is 0 Å². The molecule has 10 heteroatoms. The Balaban J connectivity index is 0.00000520. The van der Waals surface area contributed by atoms with E-state index in [1.165, 1.54) is 6.07 Å². The van der Waals surface area contributed by atoms with Gasteiger partial charge in [0, 0.05) is 37.9 Å². The maximum Gasteiger partial charge on any atom is 0.417 e. The lowest BCUT2D eigenvalue weighted by atomic mass is 9.90. The summed E-state index contributed by atoms with van der Waals surface area (Å²) in [7, 11) is 0. The first-order valence-electron chi connectivity index (χ1n) is 15.9. The van der Waals surface area contributed by atoms with Crippen LogP contribution in [0, 0.1) is 0 Å². The highest BCUT2D eigenvalue weighted by Crippen LogP contribution is 2.37. The van der Waals surface area contributed by atoms with E-state index in [-0.39, 0.29) is 35.9 Å². The van der Waals surface area contributed by atoms with Gasteiger partial charge in [-0.2, -0.15) is 13.2 Å². The van der Waals surface area contributed by atoms with Crippen LogP contribution in [-0.2, 0) is 19.1 Å². The molecule has 1 unspecified atom stereocenters. The van der Waals surface area contributed by atoms with Gasteiger partial charge in [-0.05, 0) is 66.8 Å². The van der Waals surface area contributed by atoms with Gasteiger partial charge in [0.2, 0.25) is 0 Å². The Bertz CT molecular complexity index is 1610. The number of aromatic amines is 1. The number of rotatable bonds is 16. The Hall–Kier alpha value is -3.82. The zero-order valence-electron chi connectivity index (χ0n) is 26.8. The number of hydrogen-bond acceptors (Lipinski definition) is 4. The Labute approximate surface area is 291 Å². The van der Waals surface area contributed by atoms with E-state index in [1.54, 1.807) is 12.3 Å². The SMILES string of the molecule is CC(NCCc1cccc(OCCCN(Cc2cccc(C(F)(F)F)c2Cl)CC(c2ccccc2)c2ccccc2)c1)c1ncc[nH]1.Cl. The molecule has 0 amide bonds. The highest BCUT2D eigenvalue weighted by Gasteiger charge is 2.34. The molecule has 0 saturated carbocycles. The van der Waals surface area contributed by atoms with E-state index < -0.39 is 11.7 Å². The largest absolute Gasteiger partial charge is 0.494 e. The standard InChI is InChI=1S/C38H40ClF3N4O.ClH/c1-28(37-44-21-22-45-37)43-20-19-29-11-8-17-33(25-29)47-24-10-23-46(26-32-16-9-18-35(36(32)39)38(40,41)42)27-34(30-12-4-2-5-13-30)31-14-6-3-7-15-31;/h2-9,11-18,21-22,25,28,34,43H,10,19-20,23-24,26-27H2,1H3,(H,44,45);1H. The van der Waals surface area contributed by atoms with Gasteiger partial charge in [0.1, 0.15) is 11.6 Å². The van der Waals surface area contributed by atoms with E-state index in [4.69, 9.17) is 16.3 Å². The first-order valence-corrected chi connectivity index (χ1v) is 16.3. The molecule has 0 aliphatic rings. The minimum atomic E-state index is -4.52. The maximum atomic E-state index is 13.7. The zero-order chi connectivity index (χ0) is 33.1. The summed E-state index contributed by atoms with van der Waals surface area (Å²) in [5.41, 5.74) is 3.08. The van der Waals surface area contributed by atoms with Crippen molar-refractivity contribution in [2.75, 3.05) is 26.2 Å². The van der Waals surface area contributed by atoms with E-state index in [1.807, 2.05) is 54.7 Å². The fourth-order valence-corrected chi connectivity index (χ4v) is 6.03. The summed E-state index contributed by atoms with van der Waals surface area (Å²) >= 11 is 6.36. The van der Waals surface area contributed by atoms with Crippen LogP contribution < -0.4 is 10.1 Å². The van der Waals surface area contributed by atoms with Crippen LogP contribution in [0.25, 0.3) is 0 Å². The number of ether oxygens (including phenoxy) is 1. The van der Waals surface area contributed by atoms with Crippen LogP contribution in [0.1, 0.15) is 58.9 Å². The number of nitrogens with one attached hydrogen (secondary N) is 2. The third-order valence-electron chi connectivity index (χ3n) is 8.20. The van der Waals surface area contributed by atoms with Gasteiger partial charge in [0.25, 0.3) is 0 Å². The average Bonchev–Trinajstić information content (AvgIpc) is 3.62. The van der Waals surface area contributed by atoms with Crippen molar-refractivity contribution < 1.29 is 17.9 Å². The minimum Gasteiger partial charge on any atom is -0.494 e. The van der Waals surface area contributed by atoms with Crippen molar-refractivity contribution in [1.82, 2.24) is 20.2 Å². The Kier molecular flexibility index (Phi) is 13.9. The molecule has 5 nitrogen and oxygen atoms in total. The molecule has 0 aliphatic heterocycles. The second kappa shape index (κ2) is 18.1. The number of benzene rings is 4. The van der Waals surface area contributed by atoms with Gasteiger partial charge in [0.15, 0.2) is 0 Å². The predicted octanol–water partition coefficient (Wildman–Crippen LogP) is 9.50. The first kappa shape index (κ1) is 37.0. The van der Waals surface area contributed by atoms with E-state index in [0.29, 0.717) is 31.7 Å². The lowest BCUT2D eigenvalue weighted by Crippen LogP contribution is -2.31. The van der Waals surface area contributed by atoms with Crippen molar-refractivity contribution in [3.05, 3.63) is 154 Å². The van der Waals surface area contributed by atoms with Crippen molar-refractivity contribution in [1.29, 1.82) is 0 Å². The fraction of sp³-hybridized carbons (Fsp3) is 0.289. The van der Waals surface area contributed by atoms with Crippen LogP contribution >= 0.6 is 24.0 Å². The van der Waals surface area contributed by atoms with Crippen molar-refractivity contribution in [3.63, 3.8) is 0 Å². The third kappa shape index (κ3) is 10.6. The maximum absolute atomic E-state index is 13.7. The van der Waals surface area contributed by atoms with Gasteiger partial charge in [-0.1, -0.05) is 96.5 Å². The Morgan fingerprint density at radius 1 is 0.917 bits per heavy atom. The molecule has 5 aromatic rings. The van der Waals surface area contributed by atoms with Gasteiger partial charge in [-0.3, -0.25) is 4.90 Å². The van der Waals surface area contributed by atoms with Crippen molar-refractivity contribution in [3.8, 4) is 5.75 Å². The van der Waals surface area contributed by atoms with E-state index in [2.05, 4.69) is 63.5 Å². The molecule has 0 aliphatic carbocycles. The van der Waals surface area contributed by atoms with Gasteiger partial charge < -0.3 is 15.0 Å². The minimum absolute atomic E-state index is 0. The topological polar surface area (TPSA) is 53.2 Å². The van der Waals surface area contributed by atoms with E-state index >= 15 is 0 Å². The molecular formula is C38H41Cl2F3N4O. The van der Waals surface area contributed by atoms with Crippen LogP contribution in [-0.4, -0.2) is 41.1 Å². The molecular weight excluding hydrogens is 656 g/mol. The van der Waals surface area contributed by atoms with Gasteiger partial charge >= 0.3 is 6.18 Å². The molecule has 2 N–H and O–H groups in total. The zero-order valence-corrected chi connectivity index (χ0v) is 28.4. The predicted molar refractivity (Wildman–Crippen MR) is 189 cm³/mol. The summed E-state index contributed by atoms with van der Waals surface area (Å²) in [6, 6.07) is 32.7. The molecule has 0 radical (unpaired) electrons. The highest BCUT2D eigenvalue weighted by atomic mass is 35.5. The number of hydrogen-bond donors (Lipinski definition) is 2. The summed E-state index contributed by atoms with van der Waals surface area (Å²) in [5.74, 6) is 1.72. The number of imidazole rings is 1. The lowest BCUT2D eigenvalue weighted by Gasteiger charge is -2.29. The third-order valence-corrected chi connectivity index (χ3v) is 8.65. The van der Waals surface area contributed by atoms with Gasteiger partial charge in [-0.25, -0.2) is 4.98 Å². The monoisotopic (exact) mass is 696 g/mol. The number of halogens is 5. The Morgan fingerprint density at radius 3 is 2.25 bits per heavy atom. The number of aromatic nitrogens is 2. The van der Waals surface area contributed by atoms with Crippen LogP contribution in [0.15, 0.2) is 116 Å². The second-order valence-corrected chi connectivity index (χ2v) is 12.0. The average molecular weight is 698 g/mol. The molecule has 4 aromatic carbocycles. The van der Waals surface area contributed by atoms with Crippen molar-refractivity contribution in [2.24, 2.45) is 0 Å². The number of alkyl halides is 3. The molecule has 48 heavy (non-hydrogen) atoms. The number of nitrogens with zero attached hydrogens (tertiary/aromatic N) is 2. The highest BCUT2D eigenvalue weighted by molar-refractivity contribution is 6.32. The quantitative estimate of drug-likeness (QED) is 0.101. The first-order chi connectivity index (χ1) is 22.8. The second-order valence-electron chi connectivity index (χ2n) is 11.6. The van der Waals surface area contributed by atoms with Crippen LogP contribution in [0.2, 0.25) is 5.02 Å². The molecule has 0 spiro atoms. The summed E-state index contributed by atoms with van der Waals surface area (Å²) in [4.78, 5) is 9.62. The van der Waals surface area contributed by atoms with Crippen molar-refractivity contribution in [2.45, 2.75) is 44.4 Å². The molecule has 1 aromatic heterocycles. The summed E-state index contributed by atoms with van der Waals surface area (Å²) < 4.78 is 47.3.